The van der Waals surface area contributed by atoms with E-state index in [4.69, 9.17) is 0 Å². The van der Waals surface area contributed by atoms with Crippen molar-refractivity contribution in [3.05, 3.63) is 12.0 Å². The Kier molecular flexibility index (Phi) is 7.54. The van der Waals surface area contributed by atoms with Gasteiger partial charge in [-0.15, -0.1) is 0 Å². The van der Waals surface area contributed by atoms with E-state index in [1.54, 1.807) is 6.20 Å². The summed E-state index contributed by atoms with van der Waals surface area (Å²) in [6.45, 7) is 2.26. The van der Waals surface area contributed by atoms with Gasteiger partial charge in [0, 0.05) is 6.42 Å². The van der Waals surface area contributed by atoms with Crippen LogP contribution in [0.25, 0.3) is 0 Å². The second kappa shape index (κ2) is 9.01. The van der Waals surface area contributed by atoms with E-state index >= 15 is 0 Å². The molecular formula is C15H29N2O+. The molecule has 0 fully saturated rings. The third-order valence-corrected chi connectivity index (χ3v) is 3.63. The van der Waals surface area contributed by atoms with Crippen LogP contribution in [0.4, 0.5) is 0 Å². The van der Waals surface area contributed by atoms with Crippen LogP contribution < -0.4 is 4.57 Å². The fourth-order valence-corrected chi connectivity index (χ4v) is 2.32. The van der Waals surface area contributed by atoms with Gasteiger partial charge in [-0.05, 0) is 6.42 Å². The van der Waals surface area contributed by atoms with E-state index < -0.39 is 0 Å². The van der Waals surface area contributed by atoms with Crippen LogP contribution in [-0.2, 0) is 13.5 Å². The molecule has 3 nitrogen and oxygen atoms in total. The fraction of sp³-hybridized carbons (Fsp3) is 0.800. The zero-order valence-electron chi connectivity index (χ0n) is 12.0. The summed E-state index contributed by atoms with van der Waals surface area (Å²) in [5.74, 6) is 1.44. The Bertz CT molecular complexity index is 320. The number of aromatic nitrogens is 2. The van der Waals surface area contributed by atoms with Gasteiger partial charge >= 0.3 is 5.88 Å². The van der Waals surface area contributed by atoms with Crippen molar-refractivity contribution in [1.29, 1.82) is 0 Å². The summed E-state index contributed by atoms with van der Waals surface area (Å²) < 4.78 is 1.82. The maximum atomic E-state index is 9.42. The first-order valence-corrected chi connectivity index (χ1v) is 7.51. The van der Waals surface area contributed by atoms with Gasteiger partial charge in [-0.2, -0.15) is 0 Å². The number of H-pyrrole nitrogens is 1. The van der Waals surface area contributed by atoms with Crippen LogP contribution in [0.15, 0.2) is 6.20 Å². The molecule has 3 heteroatoms. The van der Waals surface area contributed by atoms with Crippen LogP contribution in [0.2, 0.25) is 0 Å². The predicted molar refractivity (Wildman–Crippen MR) is 74.6 cm³/mol. The van der Waals surface area contributed by atoms with E-state index in [1.807, 2.05) is 11.6 Å². The van der Waals surface area contributed by atoms with Gasteiger partial charge in [0.25, 0.3) is 5.82 Å². The number of aromatic amines is 1. The first kappa shape index (κ1) is 15.1. The number of aromatic hydroxyl groups is 1. The Hall–Kier alpha value is -0.990. The van der Waals surface area contributed by atoms with Crippen molar-refractivity contribution >= 4 is 0 Å². The minimum atomic E-state index is 0.320. The summed E-state index contributed by atoms with van der Waals surface area (Å²) in [4.78, 5) is 3.11. The highest BCUT2D eigenvalue weighted by Gasteiger charge is 2.11. The van der Waals surface area contributed by atoms with Crippen LogP contribution in [-0.4, -0.2) is 10.1 Å². The zero-order chi connectivity index (χ0) is 13.2. The average molecular weight is 253 g/mol. The molecular weight excluding hydrogens is 224 g/mol. The van der Waals surface area contributed by atoms with Gasteiger partial charge in [0.2, 0.25) is 0 Å². The Morgan fingerprint density at radius 2 is 1.56 bits per heavy atom. The van der Waals surface area contributed by atoms with Gasteiger partial charge in [0.15, 0.2) is 6.20 Å². The molecule has 1 aromatic rings. The third kappa shape index (κ3) is 5.56. The SMILES string of the molecule is CCCCCCCCCCCc1[nH]cc(O)[n+]1C. The molecule has 0 amide bonds. The van der Waals surface area contributed by atoms with Gasteiger partial charge in [0.05, 0.1) is 7.05 Å². The lowest BCUT2D eigenvalue weighted by Crippen LogP contribution is -2.31. The highest BCUT2D eigenvalue weighted by molar-refractivity contribution is 4.94. The third-order valence-electron chi connectivity index (χ3n) is 3.63. The molecule has 0 aliphatic heterocycles. The van der Waals surface area contributed by atoms with Crippen molar-refractivity contribution in [1.82, 2.24) is 4.98 Å². The molecule has 1 rings (SSSR count). The van der Waals surface area contributed by atoms with Gasteiger partial charge in [-0.3, -0.25) is 0 Å². The number of hydrogen-bond acceptors (Lipinski definition) is 1. The summed E-state index contributed by atoms with van der Waals surface area (Å²) in [5, 5.41) is 9.42. The summed E-state index contributed by atoms with van der Waals surface area (Å²) in [6, 6.07) is 0. The number of imidazole rings is 1. The second-order valence-corrected chi connectivity index (χ2v) is 5.23. The van der Waals surface area contributed by atoms with Gasteiger partial charge < -0.3 is 5.11 Å². The summed E-state index contributed by atoms with van der Waals surface area (Å²) in [5.41, 5.74) is 0. The van der Waals surface area contributed by atoms with Crippen molar-refractivity contribution in [3.63, 3.8) is 0 Å². The Morgan fingerprint density at radius 1 is 1.00 bits per heavy atom. The molecule has 2 N–H and O–H groups in total. The average Bonchev–Trinajstić information content (AvgIpc) is 2.68. The smallest absolute Gasteiger partial charge is 0.321 e. The van der Waals surface area contributed by atoms with E-state index in [0.717, 1.165) is 12.2 Å². The lowest BCUT2D eigenvalue weighted by Gasteiger charge is -2.00. The first-order valence-electron chi connectivity index (χ1n) is 7.51. The van der Waals surface area contributed by atoms with E-state index in [1.165, 1.54) is 57.8 Å². The highest BCUT2D eigenvalue weighted by Crippen LogP contribution is 2.11. The Morgan fingerprint density at radius 3 is 2.06 bits per heavy atom. The van der Waals surface area contributed by atoms with Crippen molar-refractivity contribution in [2.45, 2.75) is 71.1 Å². The second-order valence-electron chi connectivity index (χ2n) is 5.23. The number of rotatable bonds is 10. The lowest BCUT2D eigenvalue weighted by molar-refractivity contribution is -0.683. The van der Waals surface area contributed by atoms with Crippen molar-refractivity contribution < 1.29 is 9.67 Å². The summed E-state index contributed by atoms with van der Waals surface area (Å²) in [6.07, 6.45) is 14.9. The number of unbranched alkanes of at least 4 members (excludes halogenated alkanes) is 8. The maximum absolute atomic E-state index is 9.42. The van der Waals surface area contributed by atoms with Gasteiger partial charge in [0.1, 0.15) is 0 Å². The minimum Gasteiger partial charge on any atom is -0.475 e. The molecule has 0 atom stereocenters. The van der Waals surface area contributed by atoms with Crippen LogP contribution >= 0.6 is 0 Å². The molecule has 0 radical (unpaired) electrons. The highest BCUT2D eigenvalue weighted by atomic mass is 16.3. The minimum absolute atomic E-state index is 0.320. The molecule has 1 heterocycles. The van der Waals surface area contributed by atoms with Crippen LogP contribution in [0, 0.1) is 0 Å². The molecule has 0 saturated heterocycles. The maximum Gasteiger partial charge on any atom is 0.321 e. The summed E-state index contributed by atoms with van der Waals surface area (Å²) >= 11 is 0. The van der Waals surface area contributed by atoms with Crippen LogP contribution in [0.3, 0.4) is 0 Å². The number of aryl methyl sites for hydroxylation is 1. The molecule has 0 saturated carbocycles. The number of hydrogen-bond donors (Lipinski definition) is 2. The Balaban J connectivity index is 1.94. The fourth-order valence-electron chi connectivity index (χ4n) is 2.32. The largest absolute Gasteiger partial charge is 0.475 e. The normalized spacial score (nSPS) is 11.0. The standard InChI is InChI=1S/C15H28N2O/c1-3-4-5-6-7-8-9-10-11-12-14-16-13-15(18)17(14)2/h13,18H,3-12H2,1-2H3/p+1. The molecule has 0 bridgehead atoms. The molecule has 0 unspecified atom stereocenters. The van der Waals surface area contributed by atoms with Gasteiger partial charge in [-0.25, -0.2) is 9.55 Å². The van der Waals surface area contributed by atoms with Crippen LogP contribution in [0.5, 0.6) is 5.88 Å². The lowest BCUT2D eigenvalue weighted by atomic mass is 10.1. The molecule has 0 aliphatic rings. The zero-order valence-corrected chi connectivity index (χ0v) is 12.0. The molecule has 18 heavy (non-hydrogen) atoms. The molecule has 1 aromatic heterocycles. The monoisotopic (exact) mass is 253 g/mol. The van der Waals surface area contributed by atoms with E-state index in [9.17, 15) is 5.11 Å². The van der Waals surface area contributed by atoms with E-state index in [-0.39, 0.29) is 0 Å². The van der Waals surface area contributed by atoms with Gasteiger partial charge in [-0.1, -0.05) is 58.3 Å². The van der Waals surface area contributed by atoms with Crippen LogP contribution in [0.1, 0.15) is 70.5 Å². The van der Waals surface area contributed by atoms with E-state index in [0.29, 0.717) is 5.88 Å². The Labute approximate surface area is 111 Å². The van der Waals surface area contributed by atoms with Crippen molar-refractivity contribution in [2.75, 3.05) is 0 Å². The topological polar surface area (TPSA) is 39.9 Å². The molecule has 0 spiro atoms. The quantitative estimate of drug-likeness (QED) is 0.485. The first-order chi connectivity index (χ1) is 8.75. The van der Waals surface area contributed by atoms with Crippen molar-refractivity contribution in [2.24, 2.45) is 7.05 Å². The molecule has 104 valence electrons. The molecule has 0 aromatic carbocycles. The van der Waals surface area contributed by atoms with E-state index in [2.05, 4.69) is 11.9 Å². The number of nitrogens with one attached hydrogen (secondary N) is 1. The predicted octanol–water partition coefficient (Wildman–Crippen LogP) is 3.62. The molecule has 0 aliphatic carbocycles. The summed E-state index contributed by atoms with van der Waals surface area (Å²) in [7, 11) is 1.90. The number of nitrogens with zero attached hydrogens (tertiary/aromatic N) is 1. The van der Waals surface area contributed by atoms with Crippen molar-refractivity contribution in [3.8, 4) is 5.88 Å².